The first-order valence-corrected chi connectivity index (χ1v) is 7.09. The smallest absolute Gasteiger partial charge is 0.0964 e. The van der Waals surface area contributed by atoms with E-state index in [2.05, 4.69) is 40.7 Å². The van der Waals surface area contributed by atoms with E-state index in [0.717, 1.165) is 31.4 Å². The molecular weight excluding hydrogens is 226 g/mol. The van der Waals surface area contributed by atoms with Crippen molar-refractivity contribution in [3.05, 3.63) is 11.9 Å². The van der Waals surface area contributed by atoms with Crippen molar-refractivity contribution < 1.29 is 0 Å². The van der Waals surface area contributed by atoms with Crippen LogP contribution in [0.15, 0.2) is 6.20 Å². The molecule has 1 aromatic heterocycles. The molecule has 1 N–H and O–H groups in total. The number of rotatable bonds is 6. The highest BCUT2D eigenvalue weighted by Gasteiger charge is 2.18. The van der Waals surface area contributed by atoms with Crippen LogP contribution < -0.4 is 5.32 Å². The molecule has 1 saturated heterocycles. The molecule has 18 heavy (non-hydrogen) atoms. The standard InChI is InChI=1S/C13H25N5/c1-3-14-10-12-11-18(16-15-12)9-7-13-6-4-5-8-17(13)2/h11,13-14H,3-10H2,1-2H3. The summed E-state index contributed by atoms with van der Waals surface area (Å²) in [6, 6.07) is 0.722. The van der Waals surface area contributed by atoms with Gasteiger partial charge in [0.2, 0.25) is 0 Å². The van der Waals surface area contributed by atoms with Gasteiger partial charge in [-0.1, -0.05) is 18.6 Å². The maximum atomic E-state index is 4.19. The SMILES string of the molecule is CCNCc1cn(CCC2CCCCN2C)nn1. The molecule has 102 valence electrons. The van der Waals surface area contributed by atoms with Gasteiger partial charge in [0.15, 0.2) is 0 Å². The lowest BCUT2D eigenvalue weighted by molar-refractivity contribution is 0.169. The minimum Gasteiger partial charge on any atom is -0.311 e. The normalized spacial score (nSPS) is 21.3. The van der Waals surface area contributed by atoms with Gasteiger partial charge in [0.1, 0.15) is 0 Å². The number of hydrogen-bond acceptors (Lipinski definition) is 4. The topological polar surface area (TPSA) is 46.0 Å². The van der Waals surface area contributed by atoms with Gasteiger partial charge in [-0.15, -0.1) is 5.10 Å². The maximum Gasteiger partial charge on any atom is 0.0964 e. The molecule has 1 fully saturated rings. The zero-order valence-electron chi connectivity index (χ0n) is 11.6. The Morgan fingerprint density at radius 2 is 2.33 bits per heavy atom. The van der Waals surface area contributed by atoms with Gasteiger partial charge in [0.05, 0.1) is 5.69 Å². The second-order valence-corrected chi connectivity index (χ2v) is 5.17. The lowest BCUT2D eigenvalue weighted by Gasteiger charge is -2.32. The number of nitrogens with zero attached hydrogens (tertiary/aromatic N) is 4. The largest absolute Gasteiger partial charge is 0.311 e. The minimum absolute atomic E-state index is 0.722. The van der Waals surface area contributed by atoms with Crippen molar-refractivity contribution in [2.75, 3.05) is 20.1 Å². The quantitative estimate of drug-likeness (QED) is 0.827. The van der Waals surface area contributed by atoms with Crippen LogP contribution in [0, 0.1) is 0 Å². The van der Waals surface area contributed by atoms with E-state index in [1.54, 1.807) is 0 Å². The lowest BCUT2D eigenvalue weighted by atomic mass is 10.0. The van der Waals surface area contributed by atoms with E-state index in [0.29, 0.717) is 0 Å². The van der Waals surface area contributed by atoms with E-state index in [1.807, 2.05) is 4.68 Å². The molecule has 2 rings (SSSR count). The zero-order chi connectivity index (χ0) is 12.8. The monoisotopic (exact) mass is 251 g/mol. The summed E-state index contributed by atoms with van der Waals surface area (Å²) in [5.74, 6) is 0. The molecule has 0 radical (unpaired) electrons. The highest BCUT2D eigenvalue weighted by molar-refractivity contribution is 4.91. The highest BCUT2D eigenvalue weighted by atomic mass is 15.4. The average Bonchev–Trinajstić information content (AvgIpc) is 2.83. The maximum absolute atomic E-state index is 4.19. The van der Waals surface area contributed by atoms with Gasteiger partial charge in [-0.25, -0.2) is 0 Å². The van der Waals surface area contributed by atoms with Crippen molar-refractivity contribution in [2.24, 2.45) is 0 Å². The van der Waals surface area contributed by atoms with Crippen molar-refractivity contribution >= 4 is 0 Å². The molecule has 0 bridgehead atoms. The van der Waals surface area contributed by atoms with E-state index in [1.165, 1.54) is 32.2 Å². The summed E-state index contributed by atoms with van der Waals surface area (Å²) in [5, 5.41) is 11.6. The van der Waals surface area contributed by atoms with Crippen LogP contribution in [0.2, 0.25) is 0 Å². The van der Waals surface area contributed by atoms with E-state index in [4.69, 9.17) is 0 Å². The molecule has 1 aliphatic rings. The predicted octanol–water partition coefficient (Wildman–Crippen LogP) is 1.26. The Hall–Kier alpha value is -0.940. The molecule has 5 nitrogen and oxygen atoms in total. The summed E-state index contributed by atoms with van der Waals surface area (Å²) in [6.45, 7) is 6.12. The van der Waals surface area contributed by atoms with E-state index in [-0.39, 0.29) is 0 Å². The van der Waals surface area contributed by atoms with Gasteiger partial charge >= 0.3 is 0 Å². The first kappa shape index (κ1) is 13.5. The number of nitrogens with one attached hydrogen (secondary N) is 1. The molecule has 0 aromatic carbocycles. The van der Waals surface area contributed by atoms with Gasteiger partial charge in [-0.2, -0.15) is 0 Å². The Bertz CT molecular complexity index is 349. The highest BCUT2D eigenvalue weighted by Crippen LogP contribution is 2.18. The van der Waals surface area contributed by atoms with Gasteiger partial charge in [0.25, 0.3) is 0 Å². The van der Waals surface area contributed by atoms with Crippen LogP contribution in [0.3, 0.4) is 0 Å². The first-order chi connectivity index (χ1) is 8.79. The third-order valence-electron chi connectivity index (χ3n) is 3.76. The molecule has 0 spiro atoms. The minimum atomic E-state index is 0.722. The zero-order valence-corrected chi connectivity index (χ0v) is 11.6. The molecule has 1 aromatic rings. The number of aryl methyl sites for hydroxylation is 1. The third-order valence-corrected chi connectivity index (χ3v) is 3.76. The fraction of sp³-hybridized carbons (Fsp3) is 0.846. The Morgan fingerprint density at radius 1 is 1.44 bits per heavy atom. The van der Waals surface area contributed by atoms with Crippen LogP contribution in [-0.4, -0.2) is 46.1 Å². The summed E-state index contributed by atoms with van der Waals surface area (Å²) in [7, 11) is 2.24. The van der Waals surface area contributed by atoms with Gasteiger partial charge < -0.3 is 10.2 Å². The molecule has 1 atom stereocenters. The van der Waals surface area contributed by atoms with Crippen molar-refractivity contribution in [1.29, 1.82) is 0 Å². The summed E-state index contributed by atoms with van der Waals surface area (Å²) >= 11 is 0. The van der Waals surface area contributed by atoms with Gasteiger partial charge in [-0.05, 0) is 39.4 Å². The molecular formula is C13H25N5. The fourth-order valence-electron chi connectivity index (χ4n) is 2.57. The second-order valence-electron chi connectivity index (χ2n) is 5.17. The van der Waals surface area contributed by atoms with Crippen molar-refractivity contribution in [3.8, 4) is 0 Å². The summed E-state index contributed by atoms with van der Waals surface area (Å²) < 4.78 is 1.98. The van der Waals surface area contributed by atoms with Gasteiger partial charge in [0, 0.05) is 25.3 Å². The van der Waals surface area contributed by atoms with Gasteiger partial charge in [-0.3, -0.25) is 4.68 Å². The van der Waals surface area contributed by atoms with E-state index < -0.39 is 0 Å². The summed E-state index contributed by atoms with van der Waals surface area (Å²) in [4.78, 5) is 2.49. The Balaban J connectivity index is 1.77. The lowest BCUT2D eigenvalue weighted by Crippen LogP contribution is -2.36. The Kier molecular flexibility index (Phi) is 5.13. The van der Waals surface area contributed by atoms with Crippen LogP contribution in [-0.2, 0) is 13.1 Å². The average molecular weight is 251 g/mol. The number of likely N-dealkylation sites (tertiary alicyclic amines) is 1. The Morgan fingerprint density at radius 3 is 3.11 bits per heavy atom. The molecule has 1 unspecified atom stereocenters. The molecule has 0 aliphatic carbocycles. The Labute approximate surface area is 110 Å². The van der Waals surface area contributed by atoms with Crippen molar-refractivity contribution in [3.63, 3.8) is 0 Å². The fourth-order valence-corrected chi connectivity index (χ4v) is 2.57. The molecule has 5 heteroatoms. The van der Waals surface area contributed by atoms with Crippen LogP contribution in [0.1, 0.15) is 38.3 Å². The number of piperidine rings is 1. The summed E-state index contributed by atoms with van der Waals surface area (Å²) in [6.07, 6.45) is 7.29. The van der Waals surface area contributed by atoms with E-state index in [9.17, 15) is 0 Å². The van der Waals surface area contributed by atoms with Crippen LogP contribution in [0.5, 0.6) is 0 Å². The number of hydrogen-bond donors (Lipinski definition) is 1. The van der Waals surface area contributed by atoms with Crippen LogP contribution >= 0.6 is 0 Å². The van der Waals surface area contributed by atoms with E-state index >= 15 is 0 Å². The van der Waals surface area contributed by atoms with Crippen LogP contribution in [0.4, 0.5) is 0 Å². The van der Waals surface area contributed by atoms with Crippen LogP contribution in [0.25, 0.3) is 0 Å². The molecule has 2 heterocycles. The second kappa shape index (κ2) is 6.85. The van der Waals surface area contributed by atoms with Crippen molar-refractivity contribution in [2.45, 2.75) is 51.7 Å². The number of aromatic nitrogens is 3. The van der Waals surface area contributed by atoms with Crippen molar-refractivity contribution in [1.82, 2.24) is 25.2 Å². The molecule has 0 amide bonds. The third kappa shape index (κ3) is 3.78. The molecule has 1 aliphatic heterocycles. The predicted molar refractivity (Wildman–Crippen MR) is 72.3 cm³/mol. The first-order valence-electron chi connectivity index (χ1n) is 7.09. The summed E-state index contributed by atoms with van der Waals surface area (Å²) in [5.41, 5.74) is 1.04. The molecule has 0 saturated carbocycles.